The fourth-order valence-electron chi connectivity index (χ4n) is 2.35. The van der Waals surface area contributed by atoms with Crippen LogP contribution in [0, 0.1) is 5.92 Å². The zero-order valence-corrected chi connectivity index (χ0v) is 11.7. The summed E-state index contributed by atoms with van der Waals surface area (Å²) in [6.07, 6.45) is 4.93. The molecule has 0 unspecified atom stereocenters. The molecule has 104 valence electrons. The van der Waals surface area contributed by atoms with Gasteiger partial charge in [-0.1, -0.05) is 25.1 Å². The normalized spacial score (nSPS) is 14.2. The number of hydrogen-bond acceptors (Lipinski definition) is 2. The Balaban J connectivity index is 1.84. The number of para-hydroxylation sites is 1. The van der Waals surface area contributed by atoms with E-state index in [1.165, 1.54) is 12.8 Å². The minimum atomic E-state index is -0.00377. The molecule has 1 N–H and O–H groups in total. The van der Waals surface area contributed by atoms with Crippen LogP contribution in [-0.4, -0.2) is 22.2 Å². The molecule has 1 aliphatic rings. The average Bonchev–Trinajstić information content (AvgIpc) is 3.22. The van der Waals surface area contributed by atoms with Gasteiger partial charge in [0.05, 0.1) is 23.1 Å². The number of carbonyl (C=O) groups is 1. The molecule has 0 aliphatic heterocycles. The maximum atomic E-state index is 12.2. The Morgan fingerprint density at radius 3 is 2.75 bits per heavy atom. The standard InChI is InChI=1S/C16H19N3O/c1-2-15-14(16(20)17-10-12-8-9-12)11-18-19(15)13-6-4-3-5-7-13/h3-7,11-12H,2,8-10H2,1H3,(H,17,20). The Hall–Kier alpha value is -2.10. The third-order valence-corrected chi connectivity index (χ3v) is 3.70. The number of nitrogens with one attached hydrogen (secondary N) is 1. The number of rotatable bonds is 5. The Bertz CT molecular complexity index is 599. The van der Waals surface area contributed by atoms with Gasteiger partial charge in [0.2, 0.25) is 0 Å². The molecule has 3 rings (SSSR count). The molecule has 2 aromatic rings. The van der Waals surface area contributed by atoms with Crippen LogP contribution in [0.4, 0.5) is 0 Å². The fraction of sp³-hybridized carbons (Fsp3) is 0.375. The molecule has 0 radical (unpaired) electrons. The lowest BCUT2D eigenvalue weighted by atomic mass is 10.2. The van der Waals surface area contributed by atoms with Gasteiger partial charge in [0.15, 0.2) is 0 Å². The summed E-state index contributed by atoms with van der Waals surface area (Å²) in [5.74, 6) is 0.684. The minimum absolute atomic E-state index is 0.00377. The Morgan fingerprint density at radius 1 is 1.35 bits per heavy atom. The molecule has 4 heteroatoms. The van der Waals surface area contributed by atoms with Crippen LogP contribution in [0.3, 0.4) is 0 Å². The van der Waals surface area contributed by atoms with E-state index in [4.69, 9.17) is 0 Å². The van der Waals surface area contributed by atoms with E-state index >= 15 is 0 Å². The van der Waals surface area contributed by atoms with Gasteiger partial charge >= 0.3 is 0 Å². The summed E-state index contributed by atoms with van der Waals surface area (Å²) in [6, 6.07) is 9.92. The first-order chi connectivity index (χ1) is 9.79. The van der Waals surface area contributed by atoms with Gasteiger partial charge in [0.25, 0.3) is 5.91 Å². The third-order valence-electron chi connectivity index (χ3n) is 3.70. The summed E-state index contributed by atoms with van der Waals surface area (Å²) >= 11 is 0. The average molecular weight is 269 g/mol. The molecule has 4 nitrogen and oxygen atoms in total. The molecule has 1 aromatic carbocycles. The second-order valence-electron chi connectivity index (χ2n) is 5.26. The van der Waals surface area contributed by atoms with Crippen molar-refractivity contribution in [1.82, 2.24) is 15.1 Å². The van der Waals surface area contributed by atoms with Gasteiger partial charge in [0, 0.05) is 6.54 Å². The molecule has 1 saturated carbocycles. The lowest BCUT2D eigenvalue weighted by Gasteiger charge is -2.08. The molecular weight excluding hydrogens is 250 g/mol. The topological polar surface area (TPSA) is 46.9 Å². The molecule has 1 aromatic heterocycles. The van der Waals surface area contributed by atoms with E-state index in [1.807, 2.05) is 41.9 Å². The van der Waals surface area contributed by atoms with Crippen LogP contribution in [0.1, 0.15) is 35.8 Å². The van der Waals surface area contributed by atoms with Crippen LogP contribution in [0.2, 0.25) is 0 Å². The molecule has 0 saturated heterocycles. The van der Waals surface area contributed by atoms with Crippen molar-refractivity contribution in [2.24, 2.45) is 5.92 Å². The maximum absolute atomic E-state index is 12.2. The maximum Gasteiger partial charge on any atom is 0.254 e. The number of benzene rings is 1. The molecule has 0 spiro atoms. The highest BCUT2D eigenvalue weighted by molar-refractivity contribution is 5.95. The molecule has 1 aliphatic carbocycles. The summed E-state index contributed by atoms with van der Waals surface area (Å²) in [4.78, 5) is 12.2. The van der Waals surface area contributed by atoms with Crippen LogP contribution >= 0.6 is 0 Å². The van der Waals surface area contributed by atoms with Gasteiger partial charge in [0.1, 0.15) is 0 Å². The van der Waals surface area contributed by atoms with Crippen molar-refractivity contribution in [2.45, 2.75) is 26.2 Å². The van der Waals surface area contributed by atoms with Gasteiger partial charge < -0.3 is 5.32 Å². The van der Waals surface area contributed by atoms with E-state index in [-0.39, 0.29) is 5.91 Å². The molecule has 1 heterocycles. The van der Waals surface area contributed by atoms with E-state index in [1.54, 1.807) is 6.20 Å². The van der Waals surface area contributed by atoms with Crippen molar-refractivity contribution in [3.63, 3.8) is 0 Å². The molecular formula is C16H19N3O. The SMILES string of the molecule is CCc1c(C(=O)NCC2CC2)cnn1-c1ccccc1. The summed E-state index contributed by atoms with van der Waals surface area (Å²) in [5.41, 5.74) is 2.65. The zero-order chi connectivity index (χ0) is 13.9. The van der Waals surface area contributed by atoms with Crippen molar-refractivity contribution >= 4 is 5.91 Å². The first-order valence-corrected chi connectivity index (χ1v) is 7.20. The van der Waals surface area contributed by atoms with Crippen molar-refractivity contribution in [1.29, 1.82) is 0 Å². The number of nitrogens with zero attached hydrogens (tertiary/aromatic N) is 2. The minimum Gasteiger partial charge on any atom is -0.352 e. The number of aromatic nitrogens is 2. The van der Waals surface area contributed by atoms with E-state index in [9.17, 15) is 4.79 Å². The lowest BCUT2D eigenvalue weighted by molar-refractivity contribution is 0.0951. The van der Waals surface area contributed by atoms with Gasteiger partial charge in [-0.15, -0.1) is 0 Å². The van der Waals surface area contributed by atoms with E-state index < -0.39 is 0 Å². The second-order valence-corrected chi connectivity index (χ2v) is 5.26. The highest BCUT2D eigenvalue weighted by atomic mass is 16.1. The first kappa shape index (κ1) is 12.9. The van der Waals surface area contributed by atoms with Crippen LogP contribution in [-0.2, 0) is 6.42 Å². The largest absolute Gasteiger partial charge is 0.352 e. The van der Waals surface area contributed by atoms with Crippen LogP contribution in [0.5, 0.6) is 0 Å². The quantitative estimate of drug-likeness (QED) is 0.907. The lowest BCUT2D eigenvalue weighted by Crippen LogP contribution is -2.26. The van der Waals surface area contributed by atoms with Gasteiger partial charge in [-0.05, 0) is 37.3 Å². The third kappa shape index (κ3) is 2.59. The molecule has 1 amide bonds. The molecule has 20 heavy (non-hydrogen) atoms. The van der Waals surface area contributed by atoms with Crippen LogP contribution in [0.25, 0.3) is 5.69 Å². The van der Waals surface area contributed by atoms with Gasteiger partial charge in [-0.25, -0.2) is 4.68 Å². The molecule has 0 bridgehead atoms. The van der Waals surface area contributed by atoms with Crippen molar-refractivity contribution in [3.8, 4) is 5.69 Å². The summed E-state index contributed by atoms with van der Waals surface area (Å²) in [7, 11) is 0. The van der Waals surface area contributed by atoms with Gasteiger partial charge in [-0.2, -0.15) is 5.10 Å². The zero-order valence-electron chi connectivity index (χ0n) is 11.7. The predicted molar refractivity (Wildman–Crippen MR) is 78.0 cm³/mol. The highest BCUT2D eigenvalue weighted by Crippen LogP contribution is 2.27. The second kappa shape index (κ2) is 5.49. The van der Waals surface area contributed by atoms with Crippen molar-refractivity contribution < 1.29 is 4.79 Å². The van der Waals surface area contributed by atoms with Crippen LogP contribution in [0.15, 0.2) is 36.5 Å². The number of carbonyl (C=O) groups excluding carboxylic acids is 1. The number of amides is 1. The monoisotopic (exact) mass is 269 g/mol. The highest BCUT2D eigenvalue weighted by Gasteiger charge is 2.23. The summed E-state index contributed by atoms with van der Waals surface area (Å²) in [6.45, 7) is 2.84. The Kier molecular flexibility index (Phi) is 3.54. The van der Waals surface area contributed by atoms with Crippen molar-refractivity contribution in [2.75, 3.05) is 6.54 Å². The summed E-state index contributed by atoms with van der Waals surface area (Å²) in [5, 5.41) is 7.38. The van der Waals surface area contributed by atoms with E-state index in [0.717, 1.165) is 24.3 Å². The first-order valence-electron chi connectivity index (χ1n) is 7.20. The summed E-state index contributed by atoms with van der Waals surface area (Å²) < 4.78 is 1.85. The van der Waals surface area contributed by atoms with E-state index in [2.05, 4.69) is 10.4 Å². The number of hydrogen-bond donors (Lipinski definition) is 1. The van der Waals surface area contributed by atoms with Crippen LogP contribution < -0.4 is 5.32 Å². The molecule has 0 atom stereocenters. The van der Waals surface area contributed by atoms with Gasteiger partial charge in [-0.3, -0.25) is 4.79 Å². The van der Waals surface area contributed by atoms with Crippen molar-refractivity contribution in [3.05, 3.63) is 47.8 Å². The predicted octanol–water partition coefficient (Wildman–Crippen LogP) is 2.57. The fourth-order valence-corrected chi connectivity index (χ4v) is 2.35. The smallest absolute Gasteiger partial charge is 0.254 e. The Morgan fingerprint density at radius 2 is 2.10 bits per heavy atom. The van der Waals surface area contributed by atoms with E-state index in [0.29, 0.717) is 11.5 Å². The Labute approximate surface area is 118 Å². The molecule has 1 fully saturated rings.